The van der Waals surface area contributed by atoms with Gasteiger partial charge in [-0.2, -0.15) is 0 Å². The summed E-state index contributed by atoms with van der Waals surface area (Å²) in [6.45, 7) is 3.29. The predicted octanol–water partition coefficient (Wildman–Crippen LogP) is -0.0377. The van der Waals surface area contributed by atoms with Crippen LogP contribution in [0.15, 0.2) is 60.8 Å². The van der Waals surface area contributed by atoms with Gasteiger partial charge in [-0.15, -0.1) is 0 Å². The van der Waals surface area contributed by atoms with Gasteiger partial charge in [0.1, 0.15) is 30.0 Å². The standard InChI is InChI=1S/C33H47NO13/c1-18-10-8-6-4-3-5-7-9-11-22(46-33-31(41)29(34)30(40)19(2)45-33)17-24(38)28(32(42)43)23(37)15-20(35)14-21(36)16-26-25(47-26)12-13-27(39)44-18/h3-9,11-13,18-19,21-26,28-31,33,36-38,40-41H,10,14-17,34H2,1-2H3,(H,42,43)/b4-3+,7-5+,8-6+,11-9+,13-12+/t18-,19+,21+,22+,23-,24+,25+,26-,28-,29-,30-,31-,33+/m1/s1. The number of ether oxygens (including phenoxy) is 4. The van der Waals surface area contributed by atoms with Gasteiger partial charge in [0.05, 0.1) is 48.8 Å². The molecule has 0 saturated carbocycles. The maximum absolute atomic E-state index is 12.6. The van der Waals surface area contributed by atoms with Crippen LogP contribution in [0.3, 0.4) is 0 Å². The number of fused-ring (bicyclic) bond motifs is 1. The number of carbonyl (C=O) groups excluding carboxylic acids is 2. The third-order valence-electron chi connectivity index (χ3n) is 8.05. The normalized spacial score (nSPS) is 43.4. The molecule has 8 N–H and O–H groups in total. The first-order valence-corrected chi connectivity index (χ1v) is 15.7. The maximum atomic E-state index is 12.6. The summed E-state index contributed by atoms with van der Waals surface area (Å²) in [7, 11) is 0. The van der Waals surface area contributed by atoms with Crippen LogP contribution in [0.25, 0.3) is 0 Å². The number of nitrogens with two attached hydrogens (primary N) is 1. The van der Waals surface area contributed by atoms with Crippen molar-refractivity contribution in [2.75, 3.05) is 0 Å². The Kier molecular flexibility index (Phi) is 15.1. The van der Waals surface area contributed by atoms with Gasteiger partial charge in [-0.1, -0.05) is 48.6 Å². The van der Waals surface area contributed by atoms with Crippen molar-refractivity contribution in [2.45, 2.75) is 119 Å². The molecule has 2 saturated heterocycles. The van der Waals surface area contributed by atoms with Crippen molar-refractivity contribution in [3.63, 3.8) is 0 Å². The van der Waals surface area contributed by atoms with Crippen LogP contribution < -0.4 is 5.73 Å². The molecule has 3 aliphatic heterocycles. The number of Topliss-reactive ketones (excluding diaryl/α,β-unsaturated/α-hetero) is 1. The van der Waals surface area contributed by atoms with Crippen LogP contribution in [0.2, 0.25) is 0 Å². The minimum Gasteiger partial charge on any atom is -0.481 e. The van der Waals surface area contributed by atoms with Crippen LogP contribution in [0.1, 0.15) is 46.0 Å². The molecule has 0 bridgehead atoms. The van der Waals surface area contributed by atoms with Gasteiger partial charge in [-0.25, -0.2) is 4.79 Å². The van der Waals surface area contributed by atoms with Crippen molar-refractivity contribution in [1.82, 2.24) is 0 Å². The second-order valence-corrected chi connectivity index (χ2v) is 12.1. The Morgan fingerprint density at radius 1 is 0.872 bits per heavy atom. The summed E-state index contributed by atoms with van der Waals surface area (Å²) < 4.78 is 22.2. The highest BCUT2D eigenvalue weighted by atomic mass is 16.7. The van der Waals surface area contributed by atoms with Crippen LogP contribution in [0, 0.1) is 5.92 Å². The van der Waals surface area contributed by atoms with E-state index in [0.717, 1.165) is 0 Å². The van der Waals surface area contributed by atoms with Gasteiger partial charge in [0.25, 0.3) is 0 Å². The average Bonchev–Trinajstić information content (AvgIpc) is 3.72. The number of epoxide rings is 1. The van der Waals surface area contributed by atoms with Crippen LogP contribution >= 0.6 is 0 Å². The van der Waals surface area contributed by atoms with Crippen LogP contribution in [0.5, 0.6) is 0 Å². The molecule has 0 radical (unpaired) electrons. The van der Waals surface area contributed by atoms with Gasteiger partial charge in [0.15, 0.2) is 6.29 Å². The molecule has 3 heterocycles. The molecule has 0 aromatic heterocycles. The van der Waals surface area contributed by atoms with E-state index in [-0.39, 0.29) is 25.4 Å². The number of rotatable bonds is 3. The zero-order valence-electron chi connectivity index (χ0n) is 26.4. The summed E-state index contributed by atoms with van der Waals surface area (Å²) in [5, 5.41) is 62.6. The van der Waals surface area contributed by atoms with Gasteiger partial charge in [-0.05, 0) is 19.9 Å². The molecule has 47 heavy (non-hydrogen) atoms. The SMILES string of the molecule is C[C@@H]1C/C=C/C=C/C=C/C=C/[C@H](O[C@@H]2O[C@@H](C)[C@@H](O)[C@@H](N)[C@H]2O)C[C@H](O)[C@H](C(=O)O)[C@H](O)CC(=O)C[C@H](O)C[C@H]2O[C@H]2/C=C/C(=O)O1. The first kappa shape index (κ1) is 38.4. The molecular formula is C33H47NO13. The quantitative estimate of drug-likeness (QED) is 0.155. The number of esters is 1. The molecule has 2 fully saturated rings. The number of carboxylic acids is 1. The Balaban J connectivity index is 1.79. The number of ketones is 1. The third kappa shape index (κ3) is 12.5. The fourth-order valence-electron chi connectivity index (χ4n) is 5.33. The van der Waals surface area contributed by atoms with Crippen molar-refractivity contribution in [3.05, 3.63) is 60.8 Å². The van der Waals surface area contributed by atoms with Crippen molar-refractivity contribution in [1.29, 1.82) is 0 Å². The number of hydrogen-bond donors (Lipinski definition) is 7. The third-order valence-corrected chi connectivity index (χ3v) is 8.05. The lowest BCUT2D eigenvalue weighted by molar-refractivity contribution is -0.277. The summed E-state index contributed by atoms with van der Waals surface area (Å²) in [5.74, 6) is -4.54. The largest absolute Gasteiger partial charge is 0.481 e. The molecule has 13 atom stereocenters. The lowest BCUT2D eigenvalue weighted by Crippen LogP contribution is -2.61. The van der Waals surface area contributed by atoms with Gasteiger partial charge in [0.2, 0.25) is 0 Å². The first-order chi connectivity index (χ1) is 22.3. The smallest absolute Gasteiger partial charge is 0.330 e. The highest BCUT2D eigenvalue weighted by Crippen LogP contribution is 2.29. The second-order valence-electron chi connectivity index (χ2n) is 12.1. The minimum atomic E-state index is -1.80. The Morgan fingerprint density at radius 2 is 1.55 bits per heavy atom. The Hall–Kier alpha value is -3.05. The Morgan fingerprint density at radius 3 is 2.26 bits per heavy atom. The molecule has 0 unspecified atom stereocenters. The van der Waals surface area contributed by atoms with Gasteiger partial charge < -0.3 is 55.3 Å². The molecule has 3 rings (SSSR count). The molecule has 14 nitrogen and oxygen atoms in total. The molecule has 3 aliphatic rings. The lowest BCUT2D eigenvalue weighted by atomic mass is 9.88. The minimum absolute atomic E-state index is 0.0692. The number of allylic oxidation sites excluding steroid dienone is 6. The van der Waals surface area contributed by atoms with E-state index < -0.39 is 97.3 Å². The monoisotopic (exact) mass is 665 g/mol. The Labute approximate surface area is 273 Å². The van der Waals surface area contributed by atoms with E-state index in [1.54, 1.807) is 43.4 Å². The zero-order valence-corrected chi connectivity index (χ0v) is 26.4. The number of carbonyl (C=O) groups is 3. The molecule has 0 aliphatic carbocycles. The Bertz CT molecular complexity index is 1200. The number of hydrogen-bond acceptors (Lipinski definition) is 13. The van der Waals surface area contributed by atoms with E-state index in [9.17, 15) is 45.0 Å². The molecule has 0 amide bonds. The summed E-state index contributed by atoms with van der Waals surface area (Å²) in [6.07, 6.45) is 3.57. The van der Waals surface area contributed by atoms with Crippen LogP contribution in [0.4, 0.5) is 0 Å². The highest BCUT2D eigenvalue weighted by molar-refractivity contribution is 5.82. The van der Waals surface area contributed by atoms with E-state index in [4.69, 9.17) is 24.7 Å². The fourth-order valence-corrected chi connectivity index (χ4v) is 5.33. The van der Waals surface area contributed by atoms with E-state index in [2.05, 4.69) is 0 Å². The van der Waals surface area contributed by atoms with E-state index in [1.165, 1.54) is 25.2 Å². The second kappa shape index (κ2) is 18.5. The maximum Gasteiger partial charge on any atom is 0.330 e. The zero-order chi connectivity index (χ0) is 34.7. The van der Waals surface area contributed by atoms with E-state index >= 15 is 0 Å². The number of cyclic esters (lactones) is 1. The van der Waals surface area contributed by atoms with Crippen LogP contribution in [-0.4, -0.2) is 122 Å². The molecule has 14 heteroatoms. The van der Waals surface area contributed by atoms with Crippen molar-refractivity contribution >= 4 is 17.7 Å². The molecule has 0 aromatic carbocycles. The molecule has 0 spiro atoms. The van der Waals surface area contributed by atoms with Gasteiger partial charge >= 0.3 is 11.9 Å². The summed E-state index contributed by atoms with van der Waals surface area (Å²) in [5.41, 5.74) is 5.91. The number of carboxylic acid groups (broad SMARTS) is 1. The predicted molar refractivity (Wildman–Crippen MR) is 166 cm³/mol. The fraction of sp³-hybridized carbons (Fsp3) is 0.606. The lowest BCUT2D eigenvalue weighted by Gasteiger charge is -2.41. The van der Waals surface area contributed by atoms with Gasteiger partial charge in [-0.3, -0.25) is 9.59 Å². The van der Waals surface area contributed by atoms with Crippen molar-refractivity contribution in [3.8, 4) is 0 Å². The summed E-state index contributed by atoms with van der Waals surface area (Å²) in [6, 6.07) is -1.10. The van der Waals surface area contributed by atoms with Crippen molar-refractivity contribution < 1.29 is 64.0 Å². The first-order valence-electron chi connectivity index (χ1n) is 15.7. The molecule has 0 aromatic rings. The van der Waals surface area contributed by atoms with Crippen LogP contribution in [-0.2, 0) is 33.3 Å². The topological polar surface area (TPSA) is 239 Å². The highest BCUT2D eigenvalue weighted by Gasteiger charge is 2.43. The van der Waals surface area contributed by atoms with E-state index in [0.29, 0.717) is 6.42 Å². The number of aliphatic hydroxyl groups is 5. The summed E-state index contributed by atoms with van der Waals surface area (Å²) >= 11 is 0. The number of aliphatic carboxylic acids is 1. The molecular weight excluding hydrogens is 618 g/mol. The van der Waals surface area contributed by atoms with Crippen molar-refractivity contribution in [2.24, 2.45) is 11.7 Å². The molecule has 262 valence electrons. The van der Waals surface area contributed by atoms with E-state index in [1.807, 2.05) is 6.08 Å². The van der Waals surface area contributed by atoms with Gasteiger partial charge in [0, 0.05) is 38.2 Å². The average molecular weight is 666 g/mol. The summed E-state index contributed by atoms with van der Waals surface area (Å²) in [4.78, 5) is 36.9. The number of aliphatic hydroxyl groups excluding tert-OH is 5.